The lowest BCUT2D eigenvalue weighted by Gasteiger charge is -2.33. The molecule has 2 N–H and O–H groups in total. The van der Waals surface area contributed by atoms with Crippen molar-refractivity contribution in [2.45, 2.75) is 45.1 Å². The summed E-state index contributed by atoms with van der Waals surface area (Å²) < 4.78 is 5.56. The standard InChI is InChI=1S/C19H26N2O3/c1-13(14-4-2-5-14)24-19(23)15-7-9-17(10-8-15)21-11-3-6-16(12-21)18(20)22/h7-10,13-14,16H,2-6,11-12H2,1H3,(H2,20,22). The molecule has 2 fully saturated rings. The van der Waals surface area contributed by atoms with Gasteiger partial charge in [-0.15, -0.1) is 0 Å². The zero-order valence-electron chi connectivity index (χ0n) is 14.2. The molecule has 2 aliphatic rings. The van der Waals surface area contributed by atoms with E-state index in [-0.39, 0.29) is 23.9 Å². The van der Waals surface area contributed by atoms with E-state index in [1.807, 2.05) is 19.1 Å². The second-order valence-corrected chi connectivity index (χ2v) is 7.04. The summed E-state index contributed by atoms with van der Waals surface area (Å²) in [4.78, 5) is 25.8. The number of benzene rings is 1. The molecule has 1 aliphatic carbocycles. The summed E-state index contributed by atoms with van der Waals surface area (Å²) in [6.07, 6.45) is 5.35. The average molecular weight is 330 g/mol. The Hall–Kier alpha value is -2.04. The van der Waals surface area contributed by atoms with Crippen LogP contribution in [0.2, 0.25) is 0 Å². The predicted octanol–water partition coefficient (Wildman–Crippen LogP) is 2.73. The zero-order valence-corrected chi connectivity index (χ0v) is 14.2. The molecule has 5 heteroatoms. The van der Waals surface area contributed by atoms with Gasteiger partial charge in [0, 0.05) is 18.8 Å². The normalized spacial score (nSPS) is 22.5. The second-order valence-electron chi connectivity index (χ2n) is 7.04. The van der Waals surface area contributed by atoms with Gasteiger partial charge < -0.3 is 15.4 Å². The van der Waals surface area contributed by atoms with Gasteiger partial charge in [-0.3, -0.25) is 4.79 Å². The molecule has 1 saturated heterocycles. The van der Waals surface area contributed by atoms with Crippen LogP contribution in [0.15, 0.2) is 24.3 Å². The molecule has 0 bridgehead atoms. The molecule has 1 amide bonds. The fraction of sp³-hybridized carbons (Fsp3) is 0.579. The minimum atomic E-state index is -0.255. The van der Waals surface area contributed by atoms with Crippen LogP contribution in [0.3, 0.4) is 0 Å². The number of carbonyl (C=O) groups is 2. The lowest BCUT2D eigenvalue weighted by Crippen LogP contribution is -2.41. The molecule has 0 aromatic heterocycles. The number of hydrogen-bond donors (Lipinski definition) is 1. The van der Waals surface area contributed by atoms with Crippen molar-refractivity contribution in [3.8, 4) is 0 Å². The number of hydrogen-bond acceptors (Lipinski definition) is 4. The van der Waals surface area contributed by atoms with Crippen LogP contribution in [0.25, 0.3) is 0 Å². The summed E-state index contributed by atoms with van der Waals surface area (Å²) in [6, 6.07) is 7.46. The number of amides is 1. The van der Waals surface area contributed by atoms with Crippen LogP contribution < -0.4 is 10.6 Å². The van der Waals surface area contributed by atoms with Crippen molar-refractivity contribution < 1.29 is 14.3 Å². The number of carbonyl (C=O) groups excluding carboxylic acids is 2. The first-order valence-corrected chi connectivity index (χ1v) is 8.90. The van der Waals surface area contributed by atoms with E-state index in [0.29, 0.717) is 18.0 Å². The van der Waals surface area contributed by atoms with E-state index in [4.69, 9.17) is 10.5 Å². The maximum Gasteiger partial charge on any atom is 0.338 e. The Morgan fingerprint density at radius 3 is 2.46 bits per heavy atom. The van der Waals surface area contributed by atoms with Crippen molar-refractivity contribution >= 4 is 17.6 Å². The molecule has 0 spiro atoms. The van der Waals surface area contributed by atoms with E-state index >= 15 is 0 Å². The summed E-state index contributed by atoms with van der Waals surface area (Å²) >= 11 is 0. The molecule has 1 aliphatic heterocycles. The number of rotatable bonds is 5. The molecule has 1 aromatic rings. The molecule has 1 aromatic carbocycles. The van der Waals surface area contributed by atoms with E-state index in [9.17, 15) is 9.59 Å². The first-order valence-electron chi connectivity index (χ1n) is 8.90. The summed E-state index contributed by atoms with van der Waals surface area (Å²) in [6.45, 7) is 3.54. The topological polar surface area (TPSA) is 72.6 Å². The lowest BCUT2D eigenvalue weighted by atomic mass is 9.82. The minimum absolute atomic E-state index is 0.00986. The molecule has 3 rings (SSSR count). The van der Waals surface area contributed by atoms with Crippen molar-refractivity contribution in [3.05, 3.63) is 29.8 Å². The predicted molar refractivity (Wildman–Crippen MR) is 92.8 cm³/mol. The lowest BCUT2D eigenvalue weighted by molar-refractivity contribution is -0.122. The van der Waals surface area contributed by atoms with Crippen molar-refractivity contribution in [2.24, 2.45) is 17.6 Å². The Morgan fingerprint density at radius 1 is 1.17 bits per heavy atom. The minimum Gasteiger partial charge on any atom is -0.459 e. The second kappa shape index (κ2) is 7.24. The Balaban J connectivity index is 1.60. The monoisotopic (exact) mass is 330 g/mol. The van der Waals surface area contributed by atoms with Crippen molar-refractivity contribution in [2.75, 3.05) is 18.0 Å². The fourth-order valence-electron chi connectivity index (χ4n) is 3.49. The van der Waals surface area contributed by atoms with Gasteiger partial charge >= 0.3 is 5.97 Å². The van der Waals surface area contributed by atoms with Gasteiger partial charge in [0.1, 0.15) is 6.10 Å². The molecule has 1 saturated carbocycles. The third-order valence-electron chi connectivity index (χ3n) is 5.40. The van der Waals surface area contributed by atoms with Gasteiger partial charge in [0.2, 0.25) is 5.91 Å². The van der Waals surface area contributed by atoms with Crippen molar-refractivity contribution in [3.63, 3.8) is 0 Å². The average Bonchev–Trinajstić information content (AvgIpc) is 2.53. The molecular formula is C19H26N2O3. The number of anilines is 1. The molecule has 1 heterocycles. The van der Waals surface area contributed by atoms with Gasteiger partial charge in [0.25, 0.3) is 0 Å². The van der Waals surface area contributed by atoms with Crippen LogP contribution in [0, 0.1) is 11.8 Å². The molecule has 2 atom stereocenters. The van der Waals surface area contributed by atoms with E-state index in [2.05, 4.69) is 4.90 Å². The van der Waals surface area contributed by atoms with E-state index < -0.39 is 0 Å². The highest BCUT2D eigenvalue weighted by Crippen LogP contribution is 2.31. The molecular weight excluding hydrogens is 304 g/mol. The highest BCUT2D eigenvalue weighted by Gasteiger charge is 2.27. The Bertz CT molecular complexity index is 595. The first kappa shape index (κ1) is 16.8. The molecule has 2 unspecified atom stereocenters. The van der Waals surface area contributed by atoms with Gasteiger partial charge in [-0.25, -0.2) is 4.79 Å². The third-order valence-corrected chi connectivity index (χ3v) is 5.40. The zero-order chi connectivity index (χ0) is 17.1. The van der Waals surface area contributed by atoms with E-state index in [1.165, 1.54) is 6.42 Å². The SMILES string of the molecule is CC(OC(=O)c1ccc(N2CCCC(C(N)=O)C2)cc1)C1CCC1. The Kier molecular flexibility index (Phi) is 5.07. The van der Waals surface area contributed by atoms with Crippen LogP contribution >= 0.6 is 0 Å². The number of esters is 1. The summed E-state index contributed by atoms with van der Waals surface area (Å²) in [5, 5.41) is 0. The van der Waals surface area contributed by atoms with Crippen molar-refractivity contribution in [1.29, 1.82) is 0 Å². The molecule has 130 valence electrons. The number of nitrogens with two attached hydrogens (primary N) is 1. The highest BCUT2D eigenvalue weighted by atomic mass is 16.5. The van der Waals surface area contributed by atoms with E-state index in [1.54, 1.807) is 12.1 Å². The van der Waals surface area contributed by atoms with Crippen LogP contribution in [-0.4, -0.2) is 31.1 Å². The van der Waals surface area contributed by atoms with Crippen LogP contribution in [-0.2, 0) is 9.53 Å². The fourth-order valence-corrected chi connectivity index (χ4v) is 3.49. The van der Waals surface area contributed by atoms with E-state index in [0.717, 1.165) is 37.9 Å². The highest BCUT2D eigenvalue weighted by molar-refractivity contribution is 5.90. The number of primary amides is 1. The summed E-state index contributed by atoms with van der Waals surface area (Å²) in [7, 11) is 0. The number of piperidine rings is 1. The van der Waals surface area contributed by atoms with Gasteiger partial charge in [0.05, 0.1) is 11.5 Å². The molecule has 24 heavy (non-hydrogen) atoms. The number of nitrogens with zero attached hydrogens (tertiary/aromatic N) is 1. The van der Waals surface area contributed by atoms with Gasteiger partial charge in [-0.1, -0.05) is 6.42 Å². The maximum atomic E-state index is 12.2. The quantitative estimate of drug-likeness (QED) is 0.843. The first-order chi connectivity index (χ1) is 11.5. The smallest absolute Gasteiger partial charge is 0.338 e. The van der Waals surface area contributed by atoms with Gasteiger partial charge in [-0.05, 0) is 62.8 Å². The Labute approximate surface area is 143 Å². The van der Waals surface area contributed by atoms with Crippen LogP contribution in [0.1, 0.15) is 49.4 Å². The Morgan fingerprint density at radius 2 is 1.88 bits per heavy atom. The van der Waals surface area contributed by atoms with Gasteiger partial charge in [-0.2, -0.15) is 0 Å². The van der Waals surface area contributed by atoms with Crippen LogP contribution in [0.4, 0.5) is 5.69 Å². The molecule has 5 nitrogen and oxygen atoms in total. The van der Waals surface area contributed by atoms with Crippen LogP contribution in [0.5, 0.6) is 0 Å². The summed E-state index contributed by atoms with van der Waals surface area (Å²) in [5.41, 5.74) is 7.03. The summed E-state index contributed by atoms with van der Waals surface area (Å²) in [5.74, 6) is -0.0569. The van der Waals surface area contributed by atoms with Gasteiger partial charge in [0.15, 0.2) is 0 Å². The largest absolute Gasteiger partial charge is 0.459 e. The van der Waals surface area contributed by atoms with Crippen molar-refractivity contribution in [1.82, 2.24) is 0 Å². The number of ether oxygens (including phenoxy) is 1. The molecule has 0 radical (unpaired) electrons. The maximum absolute atomic E-state index is 12.2. The third kappa shape index (κ3) is 3.71.